The summed E-state index contributed by atoms with van der Waals surface area (Å²) >= 11 is 5.24. The van der Waals surface area contributed by atoms with Crippen molar-refractivity contribution in [3.63, 3.8) is 0 Å². The highest BCUT2D eigenvalue weighted by Crippen LogP contribution is 2.33. The summed E-state index contributed by atoms with van der Waals surface area (Å²) in [4.78, 5) is 6.02. The van der Waals surface area contributed by atoms with E-state index in [1.807, 2.05) is 0 Å². The van der Waals surface area contributed by atoms with Gasteiger partial charge < -0.3 is 4.57 Å². The van der Waals surface area contributed by atoms with Gasteiger partial charge in [0.2, 0.25) is 0 Å². The topological polar surface area (TPSA) is 17.8 Å². The Morgan fingerprint density at radius 2 is 2.38 bits per heavy atom. The van der Waals surface area contributed by atoms with E-state index in [0.29, 0.717) is 5.92 Å². The number of hydrogen-bond acceptors (Lipinski definition) is 2. The van der Waals surface area contributed by atoms with E-state index < -0.39 is 0 Å². The van der Waals surface area contributed by atoms with Gasteiger partial charge in [0.25, 0.3) is 0 Å². The molecule has 4 heteroatoms. The zero-order valence-electron chi connectivity index (χ0n) is 9.11. The molecule has 0 aromatic carbocycles. The Bertz CT molecular complexity index is 515. The van der Waals surface area contributed by atoms with E-state index >= 15 is 0 Å². The van der Waals surface area contributed by atoms with E-state index in [0.717, 1.165) is 12.2 Å². The van der Waals surface area contributed by atoms with Crippen molar-refractivity contribution in [1.29, 1.82) is 0 Å². The van der Waals surface area contributed by atoms with Gasteiger partial charge in [-0.3, -0.25) is 0 Å². The van der Waals surface area contributed by atoms with Crippen LogP contribution in [-0.2, 0) is 6.54 Å². The number of nitrogens with zero attached hydrogens (tertiary/aromatic N) is 2. The summed E-state index contributed by atoms with van der Waals surface area (Å²) in [5.41, 5.74) is 1.12. The predicted octanol–water partition coefficient (Wildman–Crippen LogP) is 4.27. The van der Waals surface area contributed by atoms with Crippen LogP contribution in [0, 0.1) is 0 Å². The Morgan fingerprint density at radius 3 is 3.06 bits per heavy atom. The number of aromatic nitrogens is 2. The Kier molecular flexibility index (Phi) is 2.64. The maximum absolute atomic E-state index is 4.77. The predicted molar refractivity (Wildman–Crippen MR) is 70.9 cm³/mol. The number of thiophene rings is 1. The molecule has 0 aliphatic carbocycles. The van der Waals surface area contributed by atoms with Crippen LogP contribution in [-0.4, -0.2) is 9.55 Å². The molecular weight excluding hydrogens is 284 g/mol. The van der Waals surface area contributed by atoms with Gasteiger partial charge in [-0.05, 0) is 40.9 Å². The van der Waals surface area contributed by atoms with Crippen LogP contribution in [0.3, 0.4) is 0 Å². The fraction of sp³-hybridized carbons (Fsp3) is 0.417. The third kappa shape index (κ3) is 1.74. The van der Waals surface area contributed by atoms with Gasteiger partial charge in [0.15, 0.2) is 0 Å². The van der Waals surface area contributed by atoms with Gasteiger partial charge in [0.05, 0.1) is 14.4 Å². The van der Waals surface area contributed by atoms with Crippen molar-refractivity contribution in [1.82, 2.24) is 9.55 Å². The molecule has 0 radical (unpaired) electrons. The molecule has 0 N–H and O–H groups in total. The van der Waals surface area contributed by atoms with Crippen molar-refractivity contribution in [2.45, 2.75) is 32.2 Å². The van der Waals surface area contributed by atoms with E-state index in [-0.39, 0.29) is 0 Å². The summed E-state index contributed by atoms with van der Waals surface area (Å²) in [6.45, 7) is 3.39. The van der Waals surface area contributed by atoms with Crippen LogP contribution in [0.5, 0.6) is 0 Å². The molecule has 0 saturated carbocycles. The molecular formula is C12H13BrN2S. The lowest BCUT2D eigenvalue weighted by molar-refractivity contribution is 0.463. The second kappa shape index (κ2) is 4.00. The van der Waals surface area contributed by atoms with Crippen molar-refractivity contribution in [2.24, 2.45) is 0 Å². The Balaban J connectivity index is 2.04. The third-order valence-electron chi connectivity index (χ3n) is 3.11. The van der Waals surface area contributed by atoms with Crippen LogP contribution in [0.4, 0.5) is 0 Å². The molecule has 2 nitrogen and oxygen atoms in total. The van der Waals surface area contributed by atoms with E-state index in [9.17, 15) is 0 Å². The number of hydrogen-bond donors (Lipinski definition) is 0. The van der Waals surface area contributed by atoms with Gasteiger partial charge >= 0.3 is 0 Å². The van der Waals surface area contributed by atoms with Gasteiger partial charge in [0.1, 0.15) is 5.82 Å². The van der Waals surface area contributed by atoms with Crippen LogP contribution in [0.15, 0.2) is 22.1 Å². The van der Waals surface area contributed by atoms with Crippen molar-refractivity contribution in [2.75, 3.05) is 0 Å². The van der Waals surface area contributed by atoms with Crippen molar-refractivity contribution < 1.29 is 0 Å². The third-order valence-corrected chi connectivity index (χ3v) is 4.76. The fourth-order valence-electron chi connectivity index (χ4n) is 2.27. The largest absolute Gasteiger partial charge is 0.334 e. The average molecular weight is 297 g/mol. The molecule has 0 unspecified atom stereocenters. The normalized spacial score (nSPS) is 19.8. The highest BCUT2D eigenvalue weighted by Gasteiger charge is 2.19. The second-order valence-electron chi connectivity index (χ2n) is 4.32. The second-order valence-corrected chi connectivity index (χ2v) is 6.79. The summed E-state index contributed by atoms with van der Waals surface area (Å²) in [6, 6.07) is 4.22. The van der Waals surface area contributed by atoms with E-state index in [2.05, 4.69) is 45.8 Å². The van der Waals surface area contributed by atoms with Crippen LogP contribution >= 0.6 is 27.3 Å². The first-order chi connectivity index (χ1) is 7.74. The number of rotatable bonds is 1. The molecule has 0 bridgehead atoms. The molecule has 0 spiro atoms. The molecule has 84 valence electrons. The maximum atomic E-state index is 4.77. The van der Waals surface area contributed by atoms with Crippen molar-refractivity contribution >= 4 is 27.3 Å². The average Bonchev–Trinajstić information content (AvgIpc) is 2.84. The summed E-state index contributed by atoms with van der Waals surface area (Å²) < 4.78 is 3.48. The first-order valence-corrected chi connectivity index (χ1v) is 7.18. The minimum absolute atomic E-state index is 0.603. The molecule has 3 rings (SSSR count). The van der Waals surface area contributed by atoms with Crippen molar-refractivity contribution in [3.05, 3.63) is 27.9 Å². The molecule has 1 aliphatic rings. The van der Waals surface area contributed by atoms with Gasteiger partial charge in [-0.15, -0.1) is 11.3 Å². The lowest BCUT2D eigenvalue weighted by atomic mass is 10.0. The molecule has 16 heavy (non-hydrogen) atoms. The van der Waals surface area contributed by atoms with Gasteiger partial charge in [0, 0.05) is 18.7 Å². The molecule has 2 aromatic heterocycles. The van der Waals surface area contributed by atoms with Crippen molar-refractivity contribution in [3.8, 4) is 10.6 Å². The van der Waals surface area contributed by atoms with Crippen LogP contribution in [0.25, 0.3) is 10.6 Å². The Morgan fingerprint density at radius 1 is 1.50 bits per heavy atom. The number of fused-ring (bicyclic) bond motifs is 1. The SMILES string of the molecule is C[C@@H]1CCCn2cc(-c3ccc(Br)s3)nc21. The lowest BCUT2D eigenvalue weighted by Gasteiger charge is -2.19. The molecule has 3 heterocycles. The highest BCUT2D eigenvalue weighted by molar-refractivity contribution is 9.11. The summed E-state index contributed by atoms with van der Waals surface area (Å²) in [5.74, 6) is 1.86. The maximum Gasteiger partial charge on any atom is 0.112 e. The minimum atomic E-state index is 0.603. The standard InChI is InChI=1S/C12H13BrN2S/c1-8-3-2-6-15-7-9(14-12(8)15)10-4-5-11(13)16-10/h4-5,7-8H,2-3,6H2,1H3/t8-/m1/s1. The fourth-order valence-corrected chi connectivity index (χ4v) is 3.61. The van der Waals surface area contributed by atoms with Gasteiger partial charge in [-0.2, -0.15) is 0 Å². The molecule has 0 saturated heterocycles. The zero-order valence-corrected chi connectivity index (χ0v) is 11.5. The van der Waals surface area contributed by atoms with E-state index in [4.69, 9.17) is 4.98 Å². The number of imidazole rings is 1. The molecule has 1 aliphatic heterocycles. The molecule has 0 amide bonds. The first kappa shape index (κ1) is 10.5. The molecule has 0 fully saturated rings. The monoisotopic (exact) mass is 296 g/mol. The Labute approximate surface area is 107 Å². The quantitative estimate of drug-likeness (QED) is 0.768. The smallest absolute Gasteiger partial charge is 0.112 e. The summed E-state index contributed by atoms with van der Waals surface area (Å²) in [5, 5.41) is 0. The zero-order chi connectivity index (χ0) is 11.1. The Hall–Kier alpha value is -0.610. The van der Waals surface area contributed by atoms with Crippen LogP contribution < -0.4 is 0 Å². The number of aryl methyl sites for hydroxylation is 1. The summed E-state index contributed by atoms with van der Waals surface area (Å²) in [6.07, 6.45) is 4.74. The number of halogens is 1. The minimum Gasteiger partial charge on any atom is -0.334 e. The van der Waals surface area contributed by atoms with Crippen LogP contribution in [0.2, 0.25) is 0 Å². The molecule has 2 aromatic rings. The lowest BCUT2D eigenvalue weighted by Crippen LogP contribution is -2.12. The van der Waals surface area contributed by atoms with Crippen LogP contribution in [0.1, 0.15) is 31.5 Å². The van der Waals surface area contributed by atoms with E-state index in [1.54, 1.807) is 11.3 Å². The molecule has 1 atom stereocenters. The van der Waals surface area contributed by atoms with Gasteiger partial charge in [-0.1, -0.05) is 6.92 Å². The first-order valence-electron chi connectivity index (χ1n) is 5.57. The highest BCUT2D eigenvalue weighted by atomic mass is 79.9. The van der Waals surface area contributed by atoms with E-state index in [1.165, 1.54) is 27.3 Å². The summed E-state index contributed by atoms with van der Waals surface area (Å²) in [7, 11) is 0. The van der Waals surface area contributed by atoms with Gasteiger partial charge in [-0.25, -0.2) is 4.98 Å².